The highest BCUT2D eigenvalue weighted by atomic mass is 16.3. The van der Waals surface area contributed by atoms with E-state index in [0.29, 0.717) is 6.54 Å². The number of rotatable bonds is 6. The zero-order valence-corrected chi connectivity index (χ0v) is 12.7. The lowest BCUT2D eigenvalue weighted by molar-refractivity contribution is 0.182. The molecule has 3 aromatic rings. The molecule has 1 N–H and O–H groups in total. The number of aliphatic hydroxyl groups is 1. The second kappa shape index (κ2) is 6.68. The molecule has 0 aliphatic rings. The van der Waals surface area contributed by atoms with Crippen molar-refractivity contribution in [3.8, 4) is 0 Å². The van der Waals surface area contributed by atoms with Gasteiger partial charge in [0, 0.05) is 38.2 Å². The smallest absolute Gasteiger partial charge is 0.137 e. The van der Waals surface area contributed by atoms with E-state index in [1.165, 1.54) is 5.56 Å². The summed E-state index contributed by atoms with van der Waals surface area (Å²) < 4.78 is 2.10. The maximum absolute atomic E-state index is 9.31. The van der Waals surface area contributed by atoms with E-state index in [9.17, 15) is 5.11 Å². The van der Waals surface area contributed by atoms with Gasteiger partial charge in [0.1, 0.15) is 5.65 Å². The van der Waals surface area contributed by atoms with Crippen molar-refractivity contribution in [2.75, 3.05) is 13.2 Å². The van der Waals surface area contributed by atoms with E-state index in [2.05, 4.69) is 44.4 Å². The number of nitrogens with zero attached hydrogens (tertiary/aromatic N) is 4. The third-order valence-corrected chi connectivity index (χ3v) is 3.68. The maximum Gasteiger partial charge on any atom is 0.137 e. The van der Waals surface area contributed by atoms with Crippen LogP contribution in [0.5, 0.6) is 0 Å². The lowest BCUT2D eigenvalue weighted by Gasteiger charge is -2.21. The molecule has 0 saturated heterocycles. The number of hydrogen-bond donors (Lipinski definition) is 1. The molecule has 0 aromatic carbocycles. The van der Waals surface area contributed by atoms with Crippen molar-refractivity contribution in [2.45, 2.75) is 20.0 Å². The summed E-state index contributed by atoms with van der Waals surface area (Å²) in [5, 5.41) is 9.31. The minimum absolute atomic E-state index is 0.135. The van der Waals surface area contributed by atoms with Crippen molar-refractivity contribution >= 4 is 5.65 Å². The molecular weight excluding hydrogens is 276 g/mol. The van der Waals surface area contributed by atoms with Crippen LogP contribution in [0.2, 0.25) is 0 Å². The first-order chi connectivity index (χ1) is 10.8. The van der Waals surface area contributed by atoms with Crippen molar-refractivity contribution in [2.24, 2.45) is 0 Å². The standard InChI is InChI=1S/C17H20N4O/c1-14-4-6-21-16(11-19-17(21)9-14)13-20(7-8-22)12-15-3-2-5-18-10-15/h2-6,9-11,22H,7-8,12-13H2,1H3. The predicted octanol–water partition coefficient (Wildman–Crippen LogP) is 2.03. The molecule has 3 heterocycles. The van der Waals surface area contributed by atoms with Crippen molar-refractivity contribution in [1.82, 2.24) is 19.3 Å². The van der Waals surface area contributed by atoms with Gasteiger partial charge in [0.15, 0.2) is 0 Å². The Kier molecular flexibility index (Phi) is 4.46. The normalized spacial score (nSPS) is 11.4. The lowest BCUT2D eigenvalue weighted by atomic mass is 10.2. The summed E-state index contributed by atoms with van der Waals surface area (Å²) in [6, 6.07) is 8.13. The molecule has 0 bridgehead atoms. The van der Waals surface area contributed by atoms with Crippen LogP contribution >= 0.6 is 0 Å². The molecule has 0 amide bonds. The minimum Gasteiger partial charge on any atom is -0.395 e. The third-order valence-electron chi connectivity index (χ3n) is 3.68. The Hall–Kier alpha value is -2.24. The highest BCUT2D eigenvalue weighted by molar-refractivity contribution is 5.42. The van der Waals surface area contributed by atoms with Crippen LogP contribution in [-0.4, -0.2) is 37.5 Å². The average molecular weight is 296 g/mol. The summed E-state index contributed by atoms with van der Waals surface area (Å²) >= 11 is 0. The quantitative estimate of drug-likeness (QED) is 0.756. The van der Waals surface area contributed by atoms with Gasteiger partial charge in [0.25, 0.3) is 0 Å². The predicted molar refractivity (Wildman–Crippen MR) is 85.4 cm³/mol. The Morgan fingerprint density at radius 3 is 2.91 bits per heavy atom. The highest BCUT2D eigenvalue weighted by Gasteiger charge is 2.10. The number of aryl methyl sites for hydroxylation is 1. The minimum atomic E-state index is 0.135. The van der Waals surface area contributed by atoms with E-state index in [-0.39, 0.29) is 6.61 Å². The van der Waals surface area contributed by atoms with Crippen LogP contribution < -0.4 is 0 Å². The van der Waals surface area contributed by atoms with Gasteiger partial charge in [-0.05, 0) is 36.2 Å². The van der Waals surface area contributed by atoms with Crippen LogP contribution in [0.15, 0.2) is 49.1 Å². The summed E-state index contributed by atoms with van der Waals surface area (Å²) in [7, 11) is 0. The van der Waals surface area contributed by atoms with Gasteiger partial charge >= 0.3 is 0 Å². The van der Waals surface area contributed by atoms with Crippen LogP contribution in [0.25, 0.3) is 5.65 Å². The van der Waals surface area contributed by atoms with E-state index in [4.69, 9.17) is 0 Å². The van der Waals surface area contributed by atoms with Gasteiger partial charge < -0.3 is 9.51 Å². The molecule has 5 nitrogen and oxygen atoms in total. The first kappa shape index (κ1) is 14.7. The molecule has 0 spiro atoms. The molecule has 3 rings (SSSR count). The number of imidazole rings is 1. The summed E-state index contributed by atoms with van der Waals surface area (Å²) in [5.74, 6) is 0. The summed E-state index contributed by atoms with van der Waals surface area (Å²) in [5.41, 5.74) is 4.42. The Balaban J connectivity index is 1.80. The summed E-state index contributed by atoms with van der Waals surface area (Å²) in [6.07, 6.45) is 7.59. The molecule has 0 fully saturated rings. The molecule has 0 atom stereocenters. The van der Waals surface area contributed by atoms with Crippen LogP contribution in [0, 0.1) is 6.92 Å². The number of aromatic nitrogens is 3. The number of fused-ring (bicyclic) bond motifs is 1. The van der Waals surface area contributed by atoms with Gasteiger partial charge in [-0.3, -0.25) is 9.88 Å². The summed E-state index contributed by atoms with van der Waals surface area (Å²) in [4.78, 5) is 10.8. The zero-order valence-electron chi connectivity index (χ0n) is 12.7. The molecule has 114 valence electrons. The Morgan fingerprint density at radius 1 is 1.23 bits per heavy atom. The van der Waals surface area contributed by atoms with Gasteiger partial charge in [-0.1, -0.05) is 6.07 Å². The van der Waals surface area contributed by atoms with Gasteiger partial charge in [0.05, 0.1) is 18.5 Å². The van der Waals surface area contributed by atoms with E-state index in [1.54, 1.807) is 6.20 Å². The van der Waals surface area contributed by atoms with Crippen LogP contribution in [-0.2, 0) is 13.1 Å². The summed E-state index contributed by atoms with van der Waals surface area (Å²) in [6.45, 7) is 4.31. The number of hydrogen-bond acceptors (Lipinski definition) is 4. The molecule has 0 unspecified atom stereocenters. The number of pyridine rings is 2. The van der Waals surface area contributed by atoms with Gasteiger partial charge in [-0.15, -0.1) is 0 Å². The SMILES string of the molecule is Cc1ccn2c(CN(CCO)Cc3cccnc3)cnc2c1. The van der Waals surface area contributed by atoms with Crippen LogP contribution in [0.1, 0.15) is 16.8 Å². The van der Waals surface area contributed by atoms with Crippen LogP contribution in [0.4, 0.5) is 0 Å². The first-order valence-corrected chi connectivity index (χ1v) is 7.41. The molecule has 3 aromatic heterocycles. The first-order valence-electron chi connectivity index (χ1n) is 7.41. The Bertz CT molecular complexity index is 739. The van der Waals surface area contributed by atoms with Crippen molar-refractivity contribution < 1.29 is 5.11 Å². The molecule has 0 saturated carbocycles. The largest absolute Gasteiger partial charge is 0.395 e. The fourth-order valence-electron chi connectivity index (χ4n) is 2.59. The molecular formula is C17H20N4O. The highest BCUT2D eigenvalue weighted by Crippen LogP contribution is 2.13. The van der Waals surface area contributed by atoms with E-state index >= 15 is 0 Å². The molecule has 0 radical (unpaired) electrons. The monoisotopic (exact) mass is 296 g/mol. The Morgan fingerprint density at radius 2 is 2.14 bits per heavy atom. The van der Waals surface area contributed by atoms with E-state index in [1.807, 2.05) is 24.7 Å². The average Bonchev–Trinajstić information content (AvgIpc) is 2.90. The second-order valence-electron chi connectivity index (χ2n) is 5.48. The molecule has 22 heavy (non-hydrogen) atoms. The van der Waals surface area contributed by atoms with Gasteiger partial charge in [0.2, 0.25) is 0 Å². The van der Waals surface area contributed by atoms with Crippen molar-refractivity contribution in [3.05, 3.63) is 65.9 Å². The fraction of sp³-hybridized carbons (Fsp3) is 0.294. The lowest BCUT2D eigenvalue weighted by Crippen LogP contribution is -2.26. The molecule has 0 aliphatic carbocycles. The second-order valence-corrected chi connectivity index (χ2v) is 5.48. The van der Waals surface area contributed by atoms with Crippen molar-refractivity contribution in [3.63, 3.8) is 0 Å². The molecule has 0 aliphatic heterocycles. The zero-order chi connectivity index (χ0) is 15.4. The van der Waals surface area contributed by atoms with E-state index in [0.717, 1.165) is 30.0 Å². The van der Waals surface area contributed by atoms with Crippen molar-refractivity contribution in [1.29, 1.82) is 0 Å². The molecule has 5 heteroatoms. The van der Waals surface area contributed by atoms with Gasteiger partial charge in [-0.25, -0.2) is 4.98 Å². The van der Waals surface area contributed by atoms with Gasteiger partial charge in [-0.2, -0.15) is 0 Å². The Labute approximate surface area is 129 Å². The maximum atomic E-state index is 9.31. The van der Waals surface area contributed by atoms with E-state index < -0.39 is 0 Å². The van der Waals surface area contributed by atoms with Crippen LogP contribution in [0.3, 0.4) is 0 Å². The third kappa shape index (κ3) is 3.32. The number of aliphatic hydroxyl groups excluding tert-OH is 1. The fourth-order valence-corrected chi connectivity index (χ4v) is 2.59. The topological polar surface area (TPSA) is 53.7 Å².